The van der Waals surface area contributed by atoms with Crippen LogP contribution in [0.3, 0.4) is 0 Å². The van der Waals surface area contributed by atoms with Crippen LogP contribution in [0.25, 0.3) is 6.08 Å². The minimum absolute atomic E-state index is 0.549. The lowest BCUT2D eigenvalue weighted by Crippen LogP contribution is -2.46. The third-order valence-corrected chi connectivity index (χ3v) is 3.75. The van der Waals surface area contributed by atoms with Gasteiger partial charge >= 0.3 is 5.24 Å². The summed E-state index contributed by atoms with van der Waals surface area (Å²) in [6.45, 7) is 0. The molecule has 0 amide bonds. The van der Waals surface area contributed by atoms with Crippen LogP contribution >= 0.6 is 11.8 Å². The van der Waals surface area contributed by atoms with Gasteiger partial charge in [0, 0.05) is 12.0 Å². The molecule has 0 aliphatic carbocycles. The first-order chi connectivity index (χ1) is 8.60. The molecule has 5 nitrogen and oxygen atoms in total. The molecule has 98 valence electrons. The maximum absolute atomic E-state index is 10.1. The Balaban J connectivity index is 2.29. The fraction of sp³-hybridized carbons (Fsp3) is 0.333. The zero-order valence-electron chi connectivity index (χ0n) is 10.1. The van der Waals surface area contributed by atoms with Gasteiger partial charge in [0.2, 0.25) is 0 Å². The third-order valence-electron chi connectivity index (χ3n) is 2.58. The van der Waals surface area contributed by atoms with Crippen LogP contribution < -0.4 is 0 Å². The Morgan fingerprint density at radius 1 is 1.33 bits per heavy atom. The molecule has 6 heteroatoms. The Morgan fingerprint density at radius 3 is 2.50 bits per heavy atom. The Morgan fingerprint density at radius 2 is 2.00 bits per heavy atom. The zero-order chi connectivity index (χ0) is 13.2. The number of aliphatic hydroxyl groups excluding tert-OH is 1. The van der Waals surface area contributed by atoms with E-state index >= 15 is 0 Å². The Kier molecular flexibility index (Phi) is 4.06. The van der Waals surface area contributed by atoms with Crippen LogP contribution in [-0.2, 0) is 9.57 Å². The highest BCUT2D eigenvalue weighted by atomic mass is 32.2. The molecular formula is C12H15NO4S. The van der Waals surface area contributed by atoms with Crippen LogP contribution in [0.2, 0.25) is 0 Å². The van der Waals surface area contributed by atoms with Crippen LogP contribution in [0, 0.1) is 0 Å². The first-order valence-corrected chi connectivity index (χ1v) is 6.17. The third kappa shape index (κ3) is 2.44. The van der Waals surface area contributed by atoms with E-state index in [0.29, 0.717) is 4.91 Å². The van der Waals surface area contributed by atoms with Crippen molar-refractivity contribution in [2.45, 2.75) is 11.5 Å². The van der Waals surface area contributed by atoms with Crippen molar-refractivity contribution < 1.29 is 19.8 Å². The smallest absolute Gasteiger partial charge is 0.309 e. The fourth-order valence-corrected chi connectivity index (χ4v) is 2.74. The van der Waals surface area contributed by atoms with Gasteiger partial charge in [-0.1, -0.05) is 35.4 Å². The van der Waals surface area contributed by atoms with Crippen molar-refractivity contribution in [2.24, 2.45) is 0 Å². The number of rotatable bonds is 3. The zero-order valence-corrected chi connectivity index (χ0v) is 10.9. The highest BCUT2D eigenvalue weighted by molar-refractivity contribution is 8.04. The van der Waals surface area contributed by atoms with E-state index in [2.05, 4.69) is 0 Å². The monoisotopic (exact) mass is 269 g/mol. The topological polar surface area (TPSA) is 62.2 Å². The number of benzene rings is 1. The summed E-state index contributed by atoms with van der Waals surface area (Å²) in [5.41, 5.74) is 0.926. The molecule has 1 aliphatic rings. The molecule has 2 rings (SSSR count). The van der Waals surface area contributed by atoms with E-state index in [1.807, 2.05) is 30.3 Å². The summed E-state index contributed by atoms with van der Waals surface area (Å²) in [7, 11) is 2.70. The Bertz CT molecular complexity index is 439. The van der Waals surface area contributed by atoms with Crippen LogP contribution in [0.5, 0.6) is 0 Å². The molecule has 0 aromatic heterocycles. The molecule has 1 heterocycles. The lowest BCUT2D eigenvalue weighted by molar-refractivity contribution is -0.355. The molecule has 0 radical (unpaired) electrons. The van der Waals surface area contributed by atoms with Crippen LogP contribution in [0.15, 0.2) is 35.2 Å². The average molecular weight is 269 g/mol. The molecule has 1 aliphatic heterocycles. The molecule has 0 spiro atoms. The van der Waals surface area contributed by atoms with Gasteiger partial charge in [0.25, 0.3) is 0 Å². The normalized spacial score (nSPS) is 31.1. The quantitative estimate of drug-likeness (QED) is 0.804. The number of thioether (sulfide) groups is 1. The van der Waals surface area contributed by atoms with Crippen molar-refractivity contribution in [3.63, 3.8) is 0 Å². The molecule has 1 aromatic rings. The summed E-state index contributed by atoms with van der Waals surface area (Å²) in [6, 6.07) is 9.51. The number of methoxy groups -OCH3 is 1. The van der Waals surface area contributed by atoms with E-state index in [4.69, 9.17) is 9.57 Å². The summed E-state index contributed by atoms with van der Waals surface area (Å²) in [5, 5.41) is 19.4. The number of hydroxylamine groups is 2. The van der Waals surface area contributed by atoms with Gasteiger partial charge in [-0.2, -0.15) is 0 Å². The molecule has 2 N–H and O–H groups in total. The summed E-state index contributed by atoms with van der Waals surface area (Å²) in [6.07, 6.45) is 0.711. The molecule has 1 fully saturated rings. The summed E-state index contributed by atoms with van der Waals surface area (Å²) in [4.78, 5) is 5.49. The molecular weight excluding hydrogens is 254 g/mol. The van der Waals surface area contributed by atoms with Crippen molar-refractivity contribution in [3.8, 4) is 0 Å². The summed E-state index contributed by atoms with van der Waals surface area (Å²) in [5.74, 6) is 0. The largest absolute Gasteiger partial charge is 0.371 e. The minimum atomic E-state index is -1.71. The van der Waals surface area contributed by atoms with E-state index in [0.717, 1.165) is 22.4 Å². The number of aliphatic hydroxyl groups is 2. The van der Waals surface area contributed by atoms with Crippen molar-refractivity contribution in [1.82, 2.24) is 5.06 Å². The second kappa shape index (κ2) is 5.40. The first kappa shape index (κ1) is 13.5. The lowest BCUT2D eigenvalue weighted by atomic mass is 10.2. The summed E-state index contributed by atoms with van der Waals surface area (Å²) < 4.78 is 4.96. The van der Waals surface area contributed by atoms with Crippen molar-refractivity contribution in [2.75, 3.05) is 14.2 Å². The first-order valence-electron chi connectivity index (χ1n) is 5.35. The predicted octanol–water partition coefficient (Wildman–Crippen LogP) is 1.21. The standard InChI is InChI=1S/C12H15NO4S/c1-16-12(15)13(17-2)11(14)10(18-12)8-9-6-4-3-5-7-9/h3-8,11,14-15H,1-2H3. The molecule has 0 bridgehead atoms. The molecule has 2 unspecified atom stereocenters. The number of hydrogen-bond acceptors (Lipinski definition) is 6. The summed E-state index contributed by atoms with van der Waals surface area (Å²) >= 11 is 0.994. The van der Waals surface area contributed by atoms with Crippen molar-refractivity contribution in [3.05, 3.63) is 40.8 Å². The van der Waals surface area contributed by atoms with Gasteiger partial charge in [-0.3, -0.25) is 4.84 Å². The number of ether oxygens (including phenoxy) is 1. The Labute approximate surface area is 110 Å². The number of nitrogens with zero attached hydrogens (tertiary/aromatic N) is 1. The van der Waals surface area contributed by atoms with Gasteiger partial charge < -0.3 is 14.9 Å². The SMILES string of the molecule is CON1C(O)C(=Cc2ccccc2)SC1(O)OC. The molecule has 2 atom stereocenters. The van der Waals surface area contributed by atoms with E-state index < -0.39 is 11.5 Å². The van der Waals surface area contributed by atoms with Crippen molar-refractivity contribution >= 4 is 17.8 Å². The predicted molar refractivity (Wildman–Crippen MR) is 68.8 cm³/mol. The highest BCUT2D eigenvalue weighted by Crippen LogP contribution is 2.45. The van der Waals surface area contributed by atoms with E-state index in [1.165, 1.54) is 14.2 Å². The van der Waals surface area contributed by atoms with E-state index in [9.17, 15) is 10.2 Å². The van der Waals surface area contributed by atoms with Gasteiger partial charge in [0.1, 0.15) is 0 Å². The van der Waals surface area contributed by atoms with Gasteiger partial charge in [-0.15, -0.1) is 0 Å². The molecule has 0 saturated carbocycles. The van der Waals surface area contributed by atoms with Gasteiger partial charge in [-0.25, -0.2) is 0 Å². The second-order valence-electron chi connectivity index (χ2n) is 3.69. The van der Waals surface area contributed by atoms with Gasteiger partial charge in [0.15, 0.2) is 6.23 Å². The fourth-order valence-electron chi connectivity index (χ4n) is 1.69. The molecule has 1 aromatic carbocycles. The molecule has 18 heavy (non-hydrogen) atoms. The second-order valence-corrected chi connectivity index (χ2v) is 4.90. The Hall–Kier alpha value is -0.890. The van der Waals surface area contributed by atoms with Gasteiger partial charge in [0.05, 0.1) is 7.11 Å². The number of hydrogen-bond donors (Lipinski definition) is 2. The van der Waals surface area contributed by atoms with Crippen molar-refractivity contribution in [1.29, 1.82) is 0 Å². The minimum Gasteiger partial charge on any atom is -0.371 e. The average Bonchev–Trinajstić information content (AvgIpc) is 2.63. The highest BCUT2D eigenvalue weighted by Gasteiger charge is 2.50. The van der Waals surface area contributed by atoms with Crippen LogP contribution in [0.4, 0.5) is 0 Å². The van der Waals surface area contributed by atoms with Gasteiger partial charge in [-0.05, 0) is 23.4 Å². The van der Waals surface area contributed by atoms with Crippen LogP contribution in [0.1, 0.15) is 5.56 Å². The lowest BCUT2D eigenvalue weighted by Gasteiger charge is -2.28. The van der Waals surface area contributed by atoms with E-state index in [1.54, 1.807) is 6.08 Å². The maximum atomic E-state index is 10.1. The molecule has 1 saturated heterocycles. The van der Waals surface area contributed by atoms with E-state index in [-0.39, 0.29) is 0 Å². The van der Waals surface area contributed by atoms with Crippen LogP contribution in [-0.4, -0.2) is 41.0 Å². The maximum Gasteiger partial charge on any atom is 0.309 e.